The van der Waals surface area contributed by atoms with Gasteiger partial charge in [-0.1, -0.05) is 6.07 Å². The fourth-order valence-corrected chi connectivity index (χ4v) is 2.26. The van der Waals surface area contributed by atoms with E-state index in [1.807, 2.05) is 18.2 Å². The van der Waals surface area contributed by atoms with Gasteiger partial charge in [-0.2, -0.15) is 0 Å². The maximum Gasteiger partial charge on any atom is 0.122 e. The Morgan fingerprint density at radius 2 is 2.00 bits per heavy atom. The quantitative estimate of drug-likeness (QED) is 0.739. The Kier molecular flexibility index (Phi) is 5.08. The van der Waals surface area contributed by atoms with Gasteiger partial charge in [-0.15, -0.1) is 0 Å². The van der Waals surface area contributed by atoms with Gasteiger partial charge in [-0.3, -0.25) is 0 Å². The molecule has 0 aliphatic carbocycles. The lowest BCUT2D eigenvalue weighted by molar-refractivity contribution is 0.312. The second kappa shape index (κ2) is 6.10. The summed E-state index contributed by atoms with van der Waals surface area (Å²) in [5, 5.41) is 5.34. The summed E-state index contributed by atoms with van der Waals surface area (Å²) in [4.78, 5) is 2.98. The molecule has 0 radical (unpaired) electrons. The summed E-state index contributed by atoms with van der Waals surface area (Å²) in [6.45, 7) is 2.03. The van der Waals surface area contributed by atoms with Crippen LogP contribution < -0.4 is 10.9 Å². The van der Waals surface area contributed by atoms with Gasteiger partial charge in [-0.25, -0.2) is 9.35 Å². The molecule has 4 nitrogen and oxygen atoms in total. The molecule has 4 N–H and O–H groups in total. The van der Waals surface area contributed by atoms with Crippen molar-refractivity contribution in [2.24, 2.45) is 10.9 Å². The Balaban J connectivity index is 0.000000606. The molecule has 1 aromatic carbocycles. The topological polar surface area (TPSA) is 72.3 Å². The number of hydrogen-bond acceptors (Lipinski definition) is 3. The SMILES string of the molecule is CN.CN1CCc2ccc(S(N)=O)cc2C1. The first kappa shape index (κ1) is 13.3. The van der Waals surface area contributed by atoms with Crippen molar-refractivity contribution in [3.8, 4) is 0 Å². The van der Waals surface area contributed by atoms with Crippen LogP contribution in [0.1, 0.15) is 11.1 Å². The molecule has 90 valence electrons. The van der Waals surface area contributed by atoms with Crippen LogP contribution in [-0.2, 0) is 24.0 Å². The molecule has 0 saturated carbocycles. The molecule has 0 bridgehead atoms. The zero-order valence-corrected chi connectivity index (χ0v) is 10.6. The van der Waals surface area contributed by atoms with Gasteiger partial charge in [0.25, 0.3) is 0 Å². The van der Waals surface area contributed by atoms with Gasteiger partial charge in [0.05, 0.1) is 4.90 Å². The molecular formula is C11H19N3OS. The molecular weight excluding hydrogens is 222 g/mol. The van der Waals surface area contributed by atoms with Crippen molar-refractivity contribution in [3.63, 3.8) is 0 Å². The fraction of sp³-hybridized carbons (Fsp3) is 0.455. The first-order valence-electron chi connectivity index (χ1n) is 5.21. The van der Waals surface area contributed by atoms with E-state index >= 15 is 0 Å². The number of nitrogens with zero attached hydrogens (tertiary/aromatic N) is 1. The van der Waals surface area contributed by atoms with Gasteiger partial charge in [0.1, 0.15) is 11.0 Å². The van der Waals surface area contributed by atoms with Crippen LogP contribution in [0.4, 0.5) is 0 Å². The van der Waals surface area contributed by atoms with E-state index in [1.54, 1.807) is 0 Å². The number of nitrogens with two attached hydrogens (primary N) is 2. The summed E-state index contributed by atoms with van der Waals surface area (Å²) in [6.07, 6.45) is 1.07. The van der Waals surface area contributed by atoms with E-state index < -0.39 is 11.0 Å². The van der Waals surface area contributed by atoms with E-state index in [2.05, 4.69) is 17.7 Å². The van der Waals surface area contributed by atoms with Crippen molar-refractivity contribution in [3.05, 3.63) is 29.3 Å². The van der Waals surface area contributed by atoms with Crippen LogP contribution in [0.2, 0.25) is 0 Å². The molecule has 0 fully saturated rings. The molecule has 0 spiro atoms. The summed E-state index contributed by atoms with van der Waals surface area (Å²) >= 11 is 0. The number of fused-ring (bicyclic) bond motifs is 1. The molecule has 0 amide bonds. The third-order valence-corrected chi connectivity index (χ3v) is 3.33. The average Bonchev–Trinajstić information content (AvgIpc) is 2.30. The standard InChI is InChI=1S/C10H14N2OS.CH5N/c1-12-5-4-8-2-3-10(14(11)13)6-9(8)7-12;1-2/h2-3,6H,4-5,7,11H2,1H3;2H2,1H3. The van der Waals surface area contributed by atoms with Crippen LogP contribution in [0.15, 0.2) is 23.1 Å². The number of hydrogen-bond donors (Lipinski definition) is 2. The normalized spacial score (nSPS) is 17.0. The summed E-state index contributed by atoms with van der Waals surface area (Å²) in [5.74, 6) is 0. The molecule has 1 unspecified atom stereocenters. The van der Waals surface area contributed by atoms with Crippen LogP contribution in [0.3, 0.4) is 0 Å². The molecule has 0 saturated heterocycles. The van der Waals surface area contributed by atoms with E-state index in [-0.39, 0.29) is 0 Å². The van der Waals surface area contributed by atoms with Crippen LogP contribution in [0, 0.1) is 0 Å². The monoisotopic (exact) mass is 241 g/mol. The predicted octanol–water partition coefficient (Wildman–Crippen LogP) is 0.231. The van der Waals surface area contributed by atoms with Crippen molar-refractivity contribution >= 4 is 11.0 Å². The van der Waals surface area contributed by atoms with Crippen LogP contribution in [0.5, 0.6) is 0 Å². The maximum absolute atomic E-state index is 11.1. The van der Waals surface area contributed by atoms with Gasteiger partial charge in [-0.05, 0) is 43.8 Å². The van der Waals surface area contributed by atoms with Crippen LogP contribution in [0.25, 0.3) is 0 Å². The Bertz CT molecular complexity index is 381. The number of rotatable bonds is 1. The van der Waals surface area contributed by atoms with Crippen LogP contribution >= 0.6 is 0 Å². The van der Waals surface area contributed by atoms with Gasteiger partial charge in [0.15, 0.2) is 0 Å². The molecule has 1 aliphatic rings. The summed E-state index contributed by atoms with van der Waals surface area (Å²) in [7, 11) is 2.24. The highest BCUT2D eigenvalue weighted by Gasteiger charge is 2.13. The van der Waals surface area contributed by atoms with E-state index in [0.717, 1.165) is 24.4 Å². The van der Waals surface area contributed by atoms with Crippen molar-refractivity contribution in [1.82, 2.24) is 4.90 Å². The lowest BCUT2D eigenvalue weighted by Gasteiger charge is -2.25. The van der Waals surface area contributed by atoms with E-state index in [0.29, 0.717) is 0 Å². The third-order valence-electron chi connectivity index (χ3n) is 2.61. The number of likely N-dealkylation sites (N-methyl/N-ethyl adjacent to an activating group) is 1. The molecule has 2 rings (SSSR count). The van der Waals surface area contributed by atoms with Gasteiger partial charge < -0.3 is 10.6 Å². The molecule has 1 aromatic rings. The Hall–Kier alpha value is -0.750. The van der Waals surface area contributed by atoms with Crippen molar-refractivity contribution < 1.29 is 4.21 Å². The summed E-state index contributed by atoms with van der Waals surface area (Å²) < 4.78 is 11.1. The number of benzene rings is 1. The minimum Gasteiger partial charge on any atom is -0.333 e. The minimum absolute atomic E-state index is 0.721. The smallest absolute Gasteiger partial charge is 0.122 e. The first-order valence-corrected chi connectivity index (χ1v) is 6.42. The van der Waals surface area contributed by atoms with E-state index in [9.17, 15) is 4.21 Å². The summed E-state index contributed by atoms with van der Waals surface area (Å²) in [6, 6.07) is 5.86. The van der Waals surface area contributed by atoms with Gasteiger partial charge in [0.2, 0.25) is 0 Å². The minimum atomic E-state index is -1.36. The molecule has 5 heteroatoms. The average molecular weight is 241 g/mol. The highest BCUT2D eigenvalue weighted by atomic mass is 32.2. The highest BCUT2D eigenvalue weighted by molar-refractivity contribution is 7.82. The van der Waals surface area contributed by atoms with Crippen molar-refractivity contribution in [2.75, 3.05) is 20.6 Å². The van der Waals surface area contributed by atoms with Crippen LogP contribution in [-0.4, -0.2) is 29.7 Å². The van der Waals surface area contributed by atoms with E-state index in [1.165, 1.54) is 18.2 Å². The van der Waals surface area contributed by atoms with Crippen molar-refractivity contribution in [2.45, 2.75) is 17.9 Å². The Morgan fingerprint density at radius 1 is 1.31 bits per heavy atom. The Labute approximate surface area is 99.2 Å². The third kappa shape index (κ3) is 3.12. The molecule has 0 aromatic heterocycles. The lowest BCUT2D eigenvalue weighted by Crippen LogP contribution is -2.26. The zero-order chi connectivity index (χ0) is 12.1. The molecule has 1 atom stereocenters. The second-order valence-corrected chi connectivity index (χ2v) is 4.78. The highest BCUT2D eigenvalue weighted by Crippen LogP contribution is 2.20. The molecule has 1 aliphatic heterocycles. The fourth-order valence-electron chi connectivity index (χ4n) is 1.80. The predicted molar refractivity (Wildman–Crippen MR) is 67.2 cm³/mol. The molecule has 16 heavy (non-hydrogen) atoms. The zero-order valence-electron chi connectivity index (χ0n) is 9.77. The Morgan fingerprint density at radius 3 is 2.62 bits per heavy atom. The first-order chi connectivity index (χ1) is 7.66. The van der Waals surface area contributed by atoms with Gasteiger partial charge >= 0.3 is 0 Å². The maximum atomic E-state index is 11.1. The van der Waals surface area contributed by atoms with Gasteiger partial charge in [0, 0.05) is 13.1 Å². The molecule has 1 heterocycles. The largest absolute Gasteiger partial charge is 0.333 e. The van der Waals surface area contributed by atoms with Crippen molar-refractivity contribution in [1.29, 1.82) is 0 Å². The summed E-state index contributed by atoms with van der Waals surface area (Å²) in [5.41, 5.74) is 7.12. The second-order valence-electron chi connectivity index (χ2n) is 3.72. The van der Waals surface area contributed by atoms with E-state index in [4.69, 9.17) is 5.14 Å². The lowest BCUT2D eigenvalue weighted by atomic mass is 10.0.